The molecule has 2 aliphatic rings. The highest BCUT2D eigenvalue weighted by atomic mass is 32.2. The second-order valence-corrected chi connectivity index (χ2v) is 20.7. The van der Waals surface area contributed by atoms with E-state index < -0.39 is 78.0 Å². The third kappa shape index (κ3) is 14.4. The lowest BCUT2D eigenvalue weighted by molar-refractivity contribution is -0.385. The number of nitro benzene ring substituents is 1. The zero-order valence-electron chi connectivity index (χ0n) is 37.8. The lowest BCUT2D eigenvalue weighted by Gasteiger charge is -2.44. The van der Waals surface area contributed by atoms with Gasteiger partial charge in [0.1, 0.15) is 11.3 Å². The Labute approximate surface area is 376 Å². The standard InChI is InChI=1S/C26H35N3O8S.C20H32N2O4/c1-24(2,3)37-23(30)28-25(27,17-19-10-5-4-6-11-19)26(31,18-36-21-13-7-8-14-21)38(34,35)22-15-9-12-20(16-22)29(32)33;1-20(2,3)22(19(24)25)17(13-15-9-5-4-6-10-15)18(23)14-21-26-16-11-7-8-12-16/h4-6,9-12,15-16,21,31H,7-8,13-14,17-18,27H2,1-3H3,(H,28,30);4-6,9-10,16-18,21,23H,7-8,11-14H2,1-3H3,(H,24,25)/t25-,26-;17-,18+/m00/s1. The normalized spacial score (nSPS) is 17.8. The first-order valence-electron chi connectivity index (χ1n) is 21.8. The molecular formula is C46H67N5O12S. The smallest absolute Gasteiger partial charge is 0.409 e. The minimum atomic E-state index is -4.88. The van der Waals surface area contributed by atoms with Crippen molar-refractivity contribution in [3.05, 3.63) is 106 Å². The molecule has 0 unspecified atom stereocenters. The number of benzene rings is 3. The number of carboxylic acid groups (broad SMARTS) is 1. The molecule has 64 heavy (non-hydrogen) atoms. The quantitative estimate of drug-likeness (QED) is 0.0445. The van der Waals surface area contributed by atoms with Gasteiger partial charge in [-0.3, -0.25) is 25.2 Å². The van der Waals surface area contributed by atoms with Gasteiger partial charge in [0.2, 0.25) is 14.8 Å². The summed E-state index contributed by atoms with van der Waals surface area (Å²) in [6, 6.07) is 21.8. The first-order chi connectivity index (χ1) is 30.0. The Morgan fingerprint density at radius 2 is 1.42 bits per heavy atom. The molecule has 0 heterocycles. The highest BCUT2D eigenvalue weighted by Gasteiger charge is 2.60. The van der Waals surface area contributed by atoms with E-state index in [0.29, 0.717) is 24.8 Å². The Kier molecular flexibility index (Phi) is 18.2. The van der Waals surface area contributed by atoms with Gasteiger partial charge in [-0.05, 0) is 90.8 Å². The Morgan fingerprint density at radius 3 is 1.94 bits per heavy atom. The van der Waals surface area contributed by atoms with Crippen molar-refractivity contribution in [1.82, 2.24) is 15.7 Å². The predicted molar refractivity (Wildman–Crippen MR) is 241 cm³/mol. The van der Waals surface area contributed by atoms with Gasteiger partial charge in [-0.2, -0.15) is 5.48 Å². The van der Waals surface area contributed by atoms with Gasteiger partial charge in [-0.25, -0.2) is 18.0 Å². The van der Waals surface area contributed by atoms with Crippen molar-refractivity contribution >= 4 is 27.7 Å². The van der Waals surface area contributed by atoms with Crippen LogP contribution in [-0.4, -0.2) is 105 Å². The summed E-state index contributed by atoms with van der Waals surface area (Å²) in [5.41, 5.74) is 6.61. The molecule has 18 heteroatoms. The number of hydrogen-bond donors (Lipinski definition) is 6. The van der Waals surface area contributed by atoms with Gasteiger partial charge >= 0.3 is 12.2 Å². The summed E-state index contributed by atoms with van der Waals surface area (Å²) >= 11 is 0. The van der Waals surface area contributed by atoms with Crippen LogP contribution in [0.25, 0.3) is 0 Å². The molecule has 2 fully saturated rings. The number of nitrogens with one attached hydrogen (secondary N) is 2. The predicted octanol–water partition coefficient (Wildman–Crippen LogP) is 6.64. The minimum absolute atomic E-state index is 0.188. The van der Waals surface area contributed by atoms with E-state index in [9.17, 15) is 43.4 Å². The molecule has 0 aromatic heterocycles. The Balaban J connectivity index is 0.000000301. The first kappa shape index (κ1) is 51.9. The molecule has 5 rings (SSSR count). The number of nitro groups is 1. The highest BCUT2D eigenvalue weighted by molar-refractivity contribution is 7.92. The van der Waals surface area contributed by atoms with Gasteiger partial charge in [0.25, 0.3) is 5.69 Å². The fraction of sp³-hybridized carbons (Fsp3) is 0.565. The van der Waals surface area contributed by atoms with Crippen LogP contribution in [0, 0.1) is 10.1 Å². The maximum absolute atomic E-state index is 14.1. The van der Waals surface area contributed by atoms with E-state index in [1.54, 1.807) is 51.1 Å². The maximum atomic E-state index is 14.1. The van der Waals surface area contributed by atoms with Crippen LogP contribution in [-0.2, 0) is 37.0 Å². The molecule has 7 N–H and O–H groups in total. The van der Waals surface area contributed by atoms with Crippen molar-refractivity contribution < 1.29 is 52.6 Å². The summed E-state index contributed by atoms with van der Waals surface area (Å²) in [7, 11) is -4.88. The zero-order chi connectivity index (χ0) is 47.3. The molecule has 2 aliphatic carbocycles. The van der Waals surface area contributed by atoms with Gasteiger partial charge in [0.05, 0.1) is 40.8 Å². The average Bonchev–Trinajstić information content (AvgIpc) is 3.94. The Morgan fingerprint density at radius 1 is 0.875 bits per heavy atom. The highest BCUT2D eigenvalue weighted by Crippen LogP contribution is 2.36. The van der Waals surface area contributed by atoms with Crippen LogP contribution in [0.1, 0.15) is 104 Å². The SMILES string of the molecule is CC(C)(C)N(C(=O)O)[C@@H](Cc1ccccc1)[C@H](O)CNOC1CCCC1.CC(C)(C)OC(=O)N[C@@](N)(Cc1ccccc1)[C@](O)(COC1CCCC1)S(=O)(=O)c1cccc([N+](=O)[O-])c1. The second kappa shape index (κ2) is 22.5. The minimum Gasteiger partial charge on any atom is -0.465 e. The van der Waals surface area contributed by atoms with Crippen LogP contribution in [0.5, 0.6) is 0 Å². The number of alkyl carbamates (subject to hydrolysis) is 1. The van der Waals surface area contributed by atoms with Crippen LogP contribution in [0.4, 0.5) is 15.3 Å². The molecule has 4 atom stereocenters. The van der Waals surface area contributed by atoms with Crippen molar-refractivity contribution in [2.45, 2.75) is 157 Å². The molecule has 0 saturated heterocycles. The fourth-order valence-corrected chi connectivity index (χ4v) is 9.70. The van der Waals surface area contributed by atoms with Gasteiger partial charge < -0.3 is 30.5 Å². The van der Waals surface area contributed by atoms with E-state index in [0.717, 1.165) is 49.4 Å². The van der Waals surface area contributed by atoms with Crippen LogP contribution < -0.4 is 16.5 Å². The molecule has 2 saturated carbocycles. The molecule has 0 bridgehead atoms. The van der Waals surface area contributed by atoms with Crippen LogP contribution in [0.15, 0.2) is 89.8 Å². The number of hydrogen-bond acceptors (Lipinski definition) is 13. The topological polar surface area (TPSA) is 253 Å². The van der Waals surface area contributed by atoms with Crippen molar-refractivity contribution in [3.63, 3.8) is 0 Å². The maximum Gasteiger partial charge on any atom is 0.409 e. The molecule has 0 aliphatic heterocycles. The number of rotatable bonds is 18. The van der Waals surface area contributed by atoms with Crippen LogP contribution in [0.3, 0.4) is 0 Å². The largest absolute Gasteiger partial charge is 0.465 e. The van der Waals surface area contributed by atoms with Gasteiger partial charge in [0, 0.05) is 30.6 Å². The molecule has 0 spiro atoms. The summed E-state index contributed by atoms with van der Waals surface area (Å²) in [6.07, 6.45) is 4.52. The Hall–Kier alpha value is -4.69. The number of aliphatic hydroxyl groups excluding tert-OH is 1. The number of ether oxygens (including phenoxy) is 2. The van der Waals surface area contributed by atoms with Crippen LogP contribution in [0.2, 0.25) is 0 Å². The van der Waals surface area contributed by atoms with E-state index in [4.69, 9.17) is 20.0 Å². The van der Waals surface area contributed by atoms with Crippen LogP contribution >= 0.6 is 0 Å². The third-order valence-corrected chi connectivity index (χ3v) is 13.4. The van der Waals surface area contributed by atoms with Gasteiger partial charge in [0.15, 0.2) is 0 Å². The number of nitrogens with two attached hydrogens (primary N) is 1. The number of nitrogens with zero attached hydrogens (tertiary/aromatic N) is 2. The van der Waals surface area contributed by atoms with E-state index in [1.165, 1.54) is 23.8 Å². The molecule has 3 aromatic carbocycles. The van der Waals surface area contributed by atoms with Gasteiger partial charge in [-0.15, -0.1) is 0 Å². The average molecular weight is 914 g/mol. The van der Waals surface area contributed by atoms with E-state index in [2.05, 4.69) is 10.8 Å². The van der Waals surface area contributed by atoms with E-state index in [-0.39, 0.29) is 25.2 Å². The number of sulfone groups is 1. The molecular weight excluding hydrogens is 847 g/mol. The monoisotopic (exact) mass is 913 g/mol. The molecule has 3 aromatic rings. The summed E-state index contributed by atoms with van der Waals surface area (Å²) < 4.78 is 39.5. The molecule has 354 valence electrons. The van der Waals surface area contributed by atoms with Gasteiger partial charge in [-0.1, -0.05) is 92.4 Å². The van der Waals surface area contributed by atoms with Crippen molar-refractivity contribution in [3.8, 4) is 0 Å². The molecule has 17 nitrogen and oxygen atoms in total. The summed E-state index contributed by atoms with van der Waals surface area (Å²) in [5.74, 6) is 0. The lowest BCUT2D eigenvalue weighted by Crippen LogP contribution is -2.75. The van der Waals surface area contributed by atoms with E-state index in [1.807, 2.05) is 51.1 Å². The second-order valence-electron chi connectivity index (χ2n) is 18.5. The third-order valence-electron chi connectivity index (χ3n) is 11.2. The number of carbonyl (C=O) groups is 2. The Bertz CT molecular complexity index is 2070. The number of aliphatic hydroxyl groups is 2. The van der Waals surface area contributed by atoms with Crippen molar-refractivity contribution in [2.24, 2.45) is 5.73 Å². The number of hydroxylamine groups is 1. The molecule has 0 radical (unpaired) electrons. The van der Waals surface area contributed by atoms with E-state index >= 15 is 0 Å². The zero-order valence-corrected chi connectivity index (χ0v) is 38.6. The summed E-state index contributed by atoms with van der Waals surface area (Å²) in [4.78, 5) is 39.0. The fourth-order valence-electron chi connectivity index (χ4n) is 7.95. The summed E-state index contributed by atoms with van der Waals surface area (Å²) in [5, 5.41) is 46.5. The van der Waals surface area contributed by atoms with Crippen molar-refractivity contribution in [2.75, 3.05) is 13.2 Å². The number of amides is 2. The number of non-ortho nitro benzene ring substituents is 1. The summed E-state index contributed by atoms with van der Waals surface area (Å²) in [6.45, 7) is 9.79. The molecule has 2 amide bonds. The number of carbonyl (C=O) groups excluding carboxylic acids is 1. The first-order valence-corrected chi connectivity index (χ1v) is 23.2. The van der Waals surface area contributed by atoms with Crippen molar-refractivity contribution in [1.29, 1.82) is 0 Å². The lowest BCUT2D eigenvalue weighted by atomic mass is 9.94.